The monoisotopic (exact) mass is 286 g/mol. The third kappa shape index (κ3) is 1.73. The first-order chi connectivity index (χ1) is 9.72. The van der Waals surface area contributed by atoms with Crippen LogP contribution < -0.4 is 5.56 Å². The molecule has 0 aromatic carbocycles. The van der Waals surface area contributed by atoms with Crippen molar-refractivity contribution in [1.29, 1.82) is 0 Å². The quantitative estimate of drug-likeness (QED) is 0.746. The van der Waals surface area contributed by atoms with Crippen LogP contribution in [0.2, 0.25) is 0 Å². The van der Waals surface area contributed by atoms with E-state index in [-0.39, 0.29) is 5.56 Å². The van der Waals surface area contributed by atoms with Crippen LogP contribution >= 0.6 is 11.3 Å². The zero-order valence-corrected chi connectivity index (χ0v) is 11.9. The van der Waals surface area contributed by atoms with E-state index in [0.717, 1.165) is 23.1 Å². The zero-order valence-electron chi connectivity index (χ0n) is 11.1. The van der Waals surface area contributed by atoms with Gasteiger partial charge in [0.25, 0.3) is 5.56 Å². The number of nitrogens with zero attached hydrogens (tertiary/aromatic N) is 1. The van der Waals surface area contributed by atoms with Crippen molar-refractivity contribution in [3.63, 3.8) is 0 Å². The molecule has 0 aliphatic heterocycles. The Morgan fingerprint density at radius 2 is 2.40 bits per heavy atom. The van der Waals surface area contributed by atoms with Crippen LogP contribution in [0, 0.1) is 5.92 Å². The standard InChI is InChI=1S/C15H14N2O2S/c1-8-4-5-11-9(7-8)12-14(18)16-13(17-15(12)20-11)10-3-2-6-19-10/h2-3,6,8H,4-5,7H2,1H3,(H,16,17,18). The molecule has 1 aliphatic carbocycles. The molecule has 0 fully saturated rings. The molecule has 1 N–H and O–H groups in total. The number of rotatable bonds is 1. The van der Waals surface area contributed by atoms with E-state index in [2.05, 4.69) is 16.9 Å². The van der Waals surface area contributed by atoms with Gasteiger partial charge in [0.05, 0.1) is 11.6 Å². The van der Waals surface area contributed by atoms with Gasteiger partial charge in [-0.1, -0.05) is 6.92 Å². The van der Waals surface area contributed by atoms with Gasteiger partial charge in [0.2, 0.25) is 0 Å². The minimum absolute atomic E-state index is 0.0481. The molecule has 0 amide bonds. The minimum Gasteiger partial charge on any atom is -0.461 e. The first-order valence-electron chi connectivity index (χ1n) is 6.81. The normalized spacial score (nSPS) is 18.4. The summed E-state index contributed by atoms with van der Waals surface area (Å²) in [6.45, 7) is 2.24. The lowest BCUT2D eigenvalue weighted by molar-refractivity contribution is 0.508. The van der Waals surface area contributed by atoms with Crippen molar-refractivity contribution in [3.8, 4) is 11.6 Å². The fourth-order valence-electron chi connectivity index (χ4n) is 2.89. The Morgan fingerprint density at radius 3 is 3.20 bits per heavy atom. The van der Waals surface area contributed by atoms with E-state index in [9.17, 15) is 4.79 Å². The molecule has 1 unspecified atom stereocenters. The van der Waals surface area contributed by atoms with Crippen LogP contribution in [-0.4, -0.2) is 9.97 Å². The second-order valence-corrected chi connectivity index (χ2v) is 6.51. The smallest absolute Gasteiger partial charge is 0.260 e. The molecule has 4 nitrogen and oxygen atoms in total. The number of thiophene rings is 1. The molecule has 0 bridgehead atoms. The number of aromatic amines is 1. The number of furan rings is 1. The van der Waals surface area contributed by atoms with E-state index in [1.165, 1.54) is 16.9 Å². The van der Waals surface area contributed by atoms with Crippen molar-refractivity contribution in [2.45, 2.75) is 26.2 Å². The maximum absolute atomic E-state index is 12.4. The molecule has 1 atom stereocenters. The fourth-order valence-corrected chi connectivity index (χ4v) is 4.10. The third-order valence-electron chi connectivity index (χ3n) is 3.92. The summed E-state index contributed by atoms with van der Waals surface area (Å²) in [5.41, 5.74) is 1.16. The van der Waals surface area contributed by atoms with E-state index >= 15 is 0 Å². The number of hydrogen-bond donors (Lipinski definition) is 1. The molecule has 0 saturated carbocycles. The molecule has 3 aromatic heterocycles. The van der Waals surface area contributed by atoms with Gasteiger partial charge in [-0.2, -0.15) is 0 Å². The van der Waals surface area contributed by atoms with Crippen molar-refractivity contribution >= 4 is 21.6 Å². The molecule has 5 heteroatoms. The molecule has 0 radical (unpaired) electrons. The first-order valence-corrected chi connectivity index (χ1v) is 7.62. The summed E-state index contributed by atoms with van der Waals surface area (Å²) in [6.07, 6.45) is 4.83. The highest BCUT2D eigenvalue weighted by molar-refractivity contribution is 7.18. The van der Waals surface area contributed by atoms with Crippen LogP contribution in [0.15, 0.2) is 27.6 Å². The summed E-state index contributed by atoms with van der Waals surface area (Å²) in [5.74, 6) is 1.76. The molecule has 3 aromatic rings. The highest BCUT2D eigenvalue weighted by Crippen LogP contribution is 2.36. The maximum Gasteiger partial charge on any atom is 0.260 e. The summed E-state index contributed by atoms with van der Waals surface area (Å²) in [7, 11) is 0. The number of aryl methyl sites for hydroxylation is 1. The van der Waals surface area contributed by atoms with Crippen molar-refractivity contribution in [2.75, 3.05) is 0 Å². The molecular formula is C15H14N2O2S. The molecular weight excluding hydrogens is 272 g/mol. The Bertz CT molecular complexity index is 830. The van der Waals surface area contributed by atoms with E-state index in [0.29, 0.717) is 17.5 Å². The van der Waals surface area contributed by atoms with E-state index in [1.807, 2.05) is 0 Å². The van der Waals surface area contributed by atoms with Crippen LogP contribution in [0.4, 0.5) is 0 Å². The van der Waals surface area contributed by atoms with Crippen LogP contribution in [0.5, 0.6) is 0 Å². The highest BCUT2D eigenvalue weighted by Gasteiger charge is 2.23. The van der Waals surface area contributed by atoms with E-state index in [4.69, 9.17) is 4.42 Å². The summed E-state index contributed by atoms with van der Waals surface area (Å²) < 4.78 is 5.31. The van der Waals surface area contributed by atoms with Gasteiger partial charge in [-0.25, -0.2) is 4.98 Å². The Labute approximate surface area is 119 Å². The van der Waals surface area contributed by atoms with Gasteiger partial charge in [0, 0.05) is 4.88 Å². The molecule has 20 heavy (non-hydrogen) atoms. The van der Waals surface area contributed by atoms with Crippen LogP contribution in [0.3, 0.4) is 0 Å². The van der Waals surface area contributed by atoms with Crippen LogP contribution in [0.1, 0.15) is 23.8 Å². The summed E-state index contributed by atoms with van der Waals surface area (Å²) in [5, 5.41) is 0.784. The van der Waals surface area contributed by atoms with E-state index in [1.54, 1.807) is 29.7 Å². The van der Waals surface area contributed by atoms with Gasteiger partial charge in [0.15, 0.2) is 11.6 Å². The average molecular weight is 286 g/mol. The van der Waals surface area contributed by atoms with Gasteiger partial charge >= 0.3 is 0 Å². The predicted molar refractivity (Wildman–Crippen MR) is 79.1 cm³/mol. The van der Waals surface area contributed by atoms with Crippen LogP contribution in [-0.2, 0) is 12.8 Å². The highest BCUT2D eigenvalue weighted by atomic mass is 32.1. The summed E-state index contributed by atoms with van der Waals surface area (Å²) in [6, 6.07) is 3.60. The topological polar surface area (TPSA) is 58.9 Å². The maximum atomic E-state index is 12.4. The molecule has 1 aliphatic rings. The van der Waals surface area contributed by atoms with E-state index < -0.39 is 0 Å². The van der Waals surface area contributed by atoms with Gasteiger partial charge in [-0.15, -0.1) is 11.3 Å². The number of nitrogens with one attached hydrogen (secondary N) is 1. The second-order valence-electron chi connectivity index (χ2n) is 5.42. The number of fused-ring (bicyclic) bond motifs is 3. The lowest BCUT2D eigenvalue weighted by Crippen LogP contribution is -2.14. The van der Waals surface area contributed by atoms with Gasteiger partial charge in [-0.05, 0) is 42.9 Å². The van der Waals surface area contributed by atoms with Gasteiger partial charge in [0.1, 0.15) is 4.83 Å². The Kier molecular flexibility index (Phi) is 2.57. The minimum atomic E-state index is -0.0481. The van der Waals surface area contributed by atoms with Gasteiger partial charge in [-0.3, -0.25) is 4.79 Å². The zero-order chi connectivity index (χ0) is 13.7. The third-order valence-corrected chi connectivity index (χ3v) is 5.10. The largest absolute Gasteiger partial charge is 0.461 e. The molecule has 102 valence electrons. The van der Waals surface area contributed by atoms with Crippen molar-refractivity contribution < 1.29 is 4.42 Å². The fraction of sp³-hybridized carbons (Fsp3) is 0.333. The molecule has 4 rings (SSSR count). The SMILES string of the molecule is CC1CCc2sc3nc(-c4ccco4)[nH]c(=O)c3c2C1. The number of aromatic nitrogens is 2. The Balaban J connectivity index is 1.97. The van der Waals surface area contributed by atoms with Crippen molar-refractivity contribution in [3.05, 3.63) is 39.2 Å². The first kappa shape index (κ1) is 11.9. The van der Waals surface area contributed by atoms with Crippen molar-refractivity contribution in [1.82, 2.24) is 9.97 Å². The lowest BCUT2D eigenvalue weighted by atomic mass is 9.89. The Morgan fingerprint density at radius 1 is 1.50 bits per heavy atom. The van der Waals surface area contributed by atoms with Crippen molar-refractivity contribution in [2.24, 2.45) is 5.92 Å². The van der Waals surface area contributed by atoms with Crippen LogP contribution in [0.25, 0.3) is 21.8 Å². The summed E-state index contributed by atoms with van der Waals surface area (Å²) >= 11 is 1.65. The lowest BCUT2D eigenvalue weighted by Gasteiger charge is -2.17. The van der Waals surface area contributed by atoms with Gasteiger partial charge < -0.3 is 9.40 Å². The second kappa shape index (κ2) is 4.31. The molecule has 0 saturated heterocycles. The predicted octanol–water partition coefficient (Wildman–Crippen LogP) is 3.37. The Hall–Kier alpha value is -1.88. The summed E-state index contributed by atoms with van der Waals surface area (Å²) in [4.78, 5) is 22.0. The molecule has 3 heterocycles. The average Bonchev–Trinajstić information content (AvgIpc) is 3.04. The number of hydrogen-bond acceptors (Lipinski definition) is 4. The molecule has 0 spiro atoms. The number of H-pyrrole nitrogens is 1.